The van der Waals surface area contributed by atoms with Crippen LogP contribution in [-0.2, 0) is 4.74 Å². The molecule has 5 nitrogen and oxygen atoms in total. The summed E-state index contributed by atoms with van der Waals surface area (Å²) in [6.07, 6.45) is 8.64. The van der Waals surface area contributed by atoms with Crippen molar-refractivity contribution in [3.8, 4) is 5.75 Å². The molecule has 1 fully saturated rings. The van der Waals surface area contributed by atoms with Crippen LogP contribution in [0.2, 0.25) is 0 Å². The maximum Gasteiger partial charge on any atom is 0.128 e. The molecular formula is C21H27N3O2S. The molecule has 2 aromatic rings. The van der Waals surface area contributed by atoms with Crippen molar-refractivity contribution in [1.29, 1.82) is 0 Å². The summed E-state index contributed by atoms with van der Waals surface area (Å²) >= 11 is 1.65. The van der Waals surface area contributed by atoms with Gasteiger partial charge in [0.1, 0.15) is 10.8 Å². The Morgan fingerprint density at radius 1 is 1.30 bits per heavy atom. The summed E-state index contributed by atoms with van der Waals surface area (Å²) in [6, 6.07) is 6.40. The second-order valence-electron chi connectivity index (χ2n) is 6.63. The van der Waals surface area contributed by atoms with Crippen LogP contribution in [0.3, 0.4) is 0 Å². The third kappa shape index (κ3) is 4.57. The summed E-state index contributed by atoms with van der Waals surface area (Å²) in [4.78, 5) is 8.84. The fraction of sp³-hybridized carbons (Fsp3) is 0.429. The van der Waals surface area contributed by atoms with Gasteiger partial charge < -0.3 is 14.8 Å². The van der Waals surface area contributed by atoms with Crippen LogP contribution in [0.15, 0.2) is 41.2 Å². The number of hydrogen-bond acceptors (Lipinski definition) is 6. The molecule has 0 bridgehead atoms. The molecule has 1 aromatic carbocycles. The average Bonchev–Trinajstić information content (AvgIpc) is 3.13. The van der Waals surface area contributed by atoms with Crippen molar-refractivity contribution >= 4 is 33.8 Å². The maximum atomic E-state index is 5.48. The van der Waals surface area contributed by atoms with Crippen molar-refractivity contribution in [1.82, 2.24) is 10.3 Å². The van der Waals surface area contributed by atoms with E-state index < -0.39 is 0 Å². The van der Waals surface area contributed by atoms with E-state index in [1.807, 2.05) is 25.1 Å². The van der Waals surface area contributed by atoms with Gasteiger partial charge in [-0.3, -0.25) is 4.99 Å². The minimum atomic E-state index is 0.390. The second kappa shape index (κ2) is 9.15. The van der Waals surface area contributed by atoms with Crippen LogP contribution in [0.1, 0.15) is 37.6 Å². The molecule has 0 unspecified atom stereocenters. The Hall–Kier alpha value is -2.18. The van der Waals surface area contributed by atoms with Gasteiger partial charge in [0, 0.05) is 31.1 Å². The number of ether oxygens (including phenoxy) is 2. The summed E-state index contributed by atoms with van der Waals surface area (Å²) in [6.45, 7) is 5.69. The van der Waals surface area contributed by atoms with Crippen molar-refractivity contribution in [3.63, 3.8) is 0 Å². The summed E-state index contributed by atoms with van der Waals surface area (Å²) in [7, 11) is 3.47. The standard InChI is InChI=1S/C21H27N3O2S/c1-5-18(23-14-6-8-15(25-3)9-7-14)17(13-22-2)21-24-19-12-16(26-4)10-11-20(19)27-21/h5,10-15,23H,2,6-9H2,1,3-4H3/b17-13+,18-5+. The summed E-state index contributed by atoms with van der Waals surface area (Å²) < 4.78 is 11.9. The number of nitrogens with one attached hydrogen (secondary N) is 1. The fourth-order valence-corrected chi connectivity index (χ4v) is 4.43. The van der Waals surface area contributed by atoms with E-state index in [1.165, 1.54) is 0 Å². The zero-order chi connectivity index (χ0) is 19.2. The van der Waals surface area contributed by atoms with Gasteiger partial charge >= 0.3 is 0 Å². The Bertz CT molecular complexity index is 848. The Kier molecular flexibility index (Phi) is 6.63. The van der Waals surface area contributed by atoms with Gasteiger partial charge in [-0.25, -0.2) is 4.98 Å². The molecule has 144 valence electrons. The number of nitrogens with zero attached hydrogens (tertiary/aromatic N) is 2. The lowest BCUT2D eigenvalue weighted by molar-refractivity contribution is 0.0638. The van der Waals surface area contributed by atoms with E-state index in [2.05, 4.69) is 23.1 Å². The van der Waals surface area contributed by atoms with E-state index in [9.17, 15) is 0 Å². The second-order valence-corrected chi connectivity index (χ2v) is 7.66. The first-order valence-electron chi connectivity index (χ1n) is 9.25. The van der Waals surface area contributed by atoms with Gasteiger partial charge in [-0.1, -0.05) is 6.08 Å². The van der Waals surface area contributed by atoms with E-state index >= 15 is 0 Å². The lowest BCUT2D eigenvalue weighted by atomic mass is 9.92. The van der Waals surface area contributed by atoms with Crippen molar-refractivity contribution in [2.45, 2.75) is 44.8 Å². The molecular weight excluding hydrogens is 358 g/mol. The largest absolute Gasteiger partial charge is 0.497 e. The van der Waals surface area contributed by atoms with Gasteiger partial charge in [-0.05, 0) is 51.5 Å². The molecule has 6 heteroatoms. The summed E-state index contributed by atoms with van der Waals surface area (Å²) in [5, 5.41) is 4.62. The van der Waals surface area contributed by atoms with Crippen LogP contribution in [0, 0.1) is 0 Å². The average molecular weight is 386 g/mol. The number of rotatable bonds is 7. The zero-order valence-corrected chi connectivity index (χ0v) is 17.0. The van der Waals surface area contributed by atoms with E-state index in [0.29, 0.717) is 12.1 Å². The fourth-order valence-electron chi connectivity index (χ4n) is 3.46. The van der Waals surface area contributed by atoms with Crippen molar-refractivity contribution in [2.24, 2.45) is 4.99 Å². The van der Waals surface area contributed by atoms with Crippen LogP contribution in [-0.4, -0.2) is 38.1 Å². The third-order valence-electron chi connectivity index (χ3n) is 4.99. The van der Waals surface area contributed by atoms with Crippen LogP contribution < -0.4 is 10.1 Å². The Labute approximate surface area is 164 Å². The molecule has 3 rings (SSSR count). The van der Waals surface area contributed by atoms with Crippen molar-refractivity contribution in [3.05, 3.63) is 41.2 Å². The molecule has 1 saturated carbocycles. The molecule has 0 spiro atoms. The first-order valence-corrected chi connectivity index (χ1v) is 10.1. The molecule has 1 aromatic heterocycles. The molecule has 0 saturated heterocycles. The molecule has 27 heavy (non-hydrogen) atoms. The number of allylic oxidation sites excluding steroid dienone is 2. The number of thiazole rings is 1. The van der Waals surface area contributed by atoms with E-state index in [-0.39, 0.29) is 0 Å². The van der Waals surface area contributed by atoms with Crippen LogP contribution in [0.5, 0.6) is 5.75 Å². The Balaban J connectivity index is 1.83. The highest BCUT2D eigenvalue weighted by atomic mass is 32.1. The van der Waals surface area contributed by atoms with Gasteiger partial charge in [-0.2, -0.15) is 0 Å². The highest BCUT2D eigenvalue weighted by Crippen LogP contribution is 2.33. The van der Waals surface area contributed by atoms with Gasteiger partial charge in [-0.15, -0.1) is 11.3 Å². The van der Waals surface area contributed by atoms with E-state index in [4.69, 9.17) is 14.5 Å². The third-order valence-corrected chi connectivity index (χ3v) is 6.06. The molecule has 1 heterocycles. The maximum absolute atomic E-state index is 5.48. The Morgan fingerprint density at radius 2 is 2.07 bits per heavy atom. The van der Waals surface area contributed by atoms with E-state index in [1.54, 1.807) is 31.8 Å². The Morgan fingerprint density at radius 3 is 2.70 bits per heavy atom. The zero-order valence-electron chi connectivity index (χ0n) is 16.2. The number of benzene rings is 1. The quantitative estimate of drug-likeness (QED) is 0.549. The van der Waals surface area contributed by atoms with Gasteiger partial charge in [0.2, 0.25) is 0 Å². The predicted octanol–water partition coefficient (Wildman–Crippen LogP) is 4.80. The van der Waals surface area contributed by atoms with Gasteiger partial charge in [0.05, 0.1) is 29.0 Å². The lowest BCUT2D eigenvalue weighted by Gasteiger charge is -2.30. The normalized spacial score (nSPS) is 21.3. The SMILES string of the molecule is C=N/C=C(\C(=C/C)NC1CCC(OC)CC1)c1nc2cc(OC)ccc2s1. The van der Waals surface area contributed by atoms with Crippen molar-refractivity contribution < 1.29 is 9.47 Å². The minimum absolute atomic E-state index is 0.390. The molecule has 0 radical (unpaired) electrons. The number of aliphatic imine (C=N–C) groups is 1. The monoisotopic (exact) mass is 385 g/mol. The number of fused-ring (bicyclic) bond motifs is 1. The van der Waals surface area contributed by atoms with Crippen LogP contribution in [0.4, 0.5) is 0 Å². The summed E-state index contributed by atoms with van der Waals surface area (Å²) in [5.41, 5.74) is 2.95. The minimum Gasteiger partial charge on any atom is -0.497 e. The van der Waals surface area contributed by atoms with Gasteiger partial charge in [0.25, 0.3) is 0 Å². The molecule has 1 aliphatic rings. The molecule has 0 aliphatic heterocycles. The predicted molar refractivity (Wildman–Crippen MR) is 114 cm³/mol. The smallest absolute Gasteiger partial charge is 0.128 e. The molecule has 0 atom stereocenters. The number of hydrogen-bond donors (Lipinski definition) is 1. The van der Waals surface area contributed by atoms with Crippen LogP contribution in [0.25, 0.3) is 15.8 Å². The van der Waals surface area contributed by atoms with Crippen molar-refractivity contribution in [2.75, 3.05) is 14.2 Å². The van der Waals surface area contributed by atoms with Gasteiger partial charge in [0.15, 0.2) is 0 Å². The molecule has 0 amide bonds. The first kappa shape index (κ1) is 19.6. The molecule has 1 aliphatic carbocycles. The van der Waals surface area contributed by atoms with E-state index in [0.717, 1.165) is 57.9 Å². The number of aromatic nitrogens is 1. The lowest BCUT2D eigenvalue weighted by Crippen LogP contribution is -2.34. The molecule has 1 N–H and O–H groups in total. The van der Waals surface area contributed by atoms with Crippen LogP contribution >= 0.6 is 11.3 Å². The first-order chi connectivity index (χ1) is 13.2. The summed E-state index contributed by atoms with van der Waals surface area (Å²) in [5.74, 6) is 0.811. The highest BCUT2D eigenvalue weighted by molar-refractivity contribution is 7.19. The highest BCUT2D eigenvalue weighted by Gasteiger charge is 2.23. The number of methoxy groups -OCH3 is 2. The topological polar surface area (TPSA) is 55.7 Å².